The molecule has 0 radical (unpaired) electrons. The summed E-state index contributed by atoms with van der Waals surface area (Å²) in [4.78, 5) is 12.8. The Morgan fingerprint density at radius 1 is 1.24 bits per heavy atom. The van der Waals surface area contributed by atoms with E-state index >= 15 is 0 Å². The zero-order valence-electron chi connectivity index (χ0n) is 13.3. The lowest BCUT2D eigenvalue weighted by Crippen LogP contribution is -2.24. The topological polar surface area (TPSA) is 47.6 Å². The average Bonchev–Trinajstić information content (AvgIpc) is 2.59. The summed E-state index contributed by atoms with van der Waals surface area (Å²) in [6.07, 6.45) is 0. The fourth-order valence-corrected chi connectivity index (χ4v) is 3.04. The van der Waals surface area contributed by atoms with Crippen molar-refractivity contribution in [1.29, 1.82) is 0 Å². The molecule has 1 N–H and O–H groups in total. The van der Waals surface area contributed by atoms with E-state index in [4.69, 9.17) is 16.3 Å². The number of thioether (sulfide) groups is 1. The summed E-state index contributed by atoms with van der Waals surface area (Å²) in [5.74, 6) is 0.170. The smallest absolute Gasteiger partial charge is 0.387 e. The quantitative estimate of drug-likeness (QED) is 0.684. The molecule has 0 aliphatic carbocycles. The summed E-state index contributed by atoms with van der Waals surface area (Å²) in [5, 5.41) is 3.35. The molecule has 2 aromatic carbocycles. The molecule has 2 rings (SSSR count). The molecule has 0 saturated heterocycles. The Morgan fingerprint density at radius 3 is 2.68 bits per heavy atom. The standard InChI is InChI=1S/C17H16ClF2NO3S/c1-23-14-8-11(6-7-13(14)24-17(19)20)9-21-16(22)10-25-15-5-3-2-4-12(15)18/h2-8,17H,9-10H2,1H3,(H,21,22). The van der Waals surface area contributed by atoms with Crippen LogP contribution in [0, 0.1) is 0 Å². The maximum absolute atomic E-state index is 12.3. The maximum Gasteiger partial charge on any atom is 0.387 e. The largest absolute Gasteiger partial charge is 0.493 e. The number of ether oxygens (including phenoxy) is 2. The van der Waals surface area contributed by atoms with Gasteiger partial charge in [0.25, 0.3) is 0 Å². The number of alkyl halides is 2. The number of halogens is 3. The third kappa shape index (κ3) is 6.10. The first-order valence-corrected chi connectivity index (χ1v) is 8.61. The molecular weight excluding hydrogens is 372 g/mol. The van der Waals surface area contributed by atoms with Crippen molar-refractivity contribution in [3.05, 3.63) is 53.1 Å². The van der Waals surface area contributed by atoms with Gasteiger partial charge in [0.1, 0.15) is 0 Å². The van der Waals surface area contributed by atoms with Crippen molar-refractivity contribution in [3.8, 4) is 11.5 Å². The van der Waals surface area contributed by atoms with Crippen LogP contribution in [0.2, 0.25) is 5.02 Å². The second-order valence-corrected chi connectivity index (χ2v) is 6.28. The van der Waals surface area contributed by atoms with Gasteiger partial charge in [-0.2, -0.15) is 8.78 Å². The van der Waals surface area contributed by atoms with Gasteiger partial charge in [0.05, 0.1) is 17.9 Å². The van der Waals surface area contributed by atoms with E-state index in [2.05, 4.69) is 10.1 Å². The summed E-state index contributed by atoms with van der Waals surface area (Å²) < 4.78 is 34.0. The van der Waals surface area contributed by atoms with Crippen LogP contribution in [0.25, 0.3) is 0 Å². The first-order valence-electron chi connectivity index (χ1n) is 7.25. The van der Waals surface area contributed by atoms with Gasteiger partial charge in [-0.15, -0.1) is 11.8 Å². The van der Waals surface area contributed by atoms with Gasteiger partial charge < -0.3 is 14.8 Å². The molecule has 1 amide bonds. The maximum atomic E-state index is 12.3. The lowest BCUT2D eigenvalue weighted by molar-refractivity contribution is -0.118. The molecule has 0 bridgehead atoms. The van der Waals surface area contributed by atoms with Crippen LogP contribution >= 0.6 is 23.4 Å². The fraction of sp³-hybridized carbons (Fsp3) is 0.235. The molecule has 4 nitrogen and oxygen atoms in total. The third-order valence-electron chi connectivity index (χ3n) is 3.13. The number of benzene rings is 2. The molecule has 0 aliphatic rings. The molecule has 2 aromatic rings. The number of carbonyl (C=O) groups excluding carboxylic acids is 1. The van der Waals surface area contributed by atoms with Gasteiger partial charge in [0.15, 0.2) is 11.5 Å². The van der Waals surface area contributed by atoms with Crippen LogP contribution in [-0.4, -0.2) is 25.4 Å². The van der Waals surface area contributed by atoms with Crippen LogP contribution in [0.4, 0.5) is 8.78 Å². The van der Waals surface area contributed by atoms with Crippen LogP contribution in [0.1, 0.15) is 5.56 Å². The number of rotatable bonds is 8. The first-order chi connectivity index (χ1) is 12.0. The lowest BCUT2D eigenvalue weighted by Gasteiger charge is -2.12. The van der Waals surface area contributed by atoms with E-state index in [-0.39, 0.29) is 29.7 Å². The number of nitrogens with one attached hydrogen (secondary N) is 1. The van der Waals surface area contributed by atoms with Crippen molar-refractivity contribution in [2.75, 3.05) is 12.9 Å². The Hall–Kier alpha value is -1.99. The summed E-state index contributed by atoms with van der Waals surface area (Å²) >= 11 is 7.37. The molecule has 0 aromatic heterocycles. The molecule has 25 heavy (non-hydrogen) atoms. The van der Waals surface area contributed by atoms with Gasteiger partial charge in [-0.05, 0) is 29.8 Å². The van der Waals surface area contributed by atoms with Crippen LogP contribution in [0.5, 0.6) is 11.5 Å². The van der Waals surface area contributed by atoms with Gasteiger partial charge in [-0.1, -0.05) is 29.8 Å². The average molecular weight is 388 g/mol. The molecule has 0 atom stereocenters. The highest BCUT2D eigenvalue weighted by molar-refractivity contribution is 8.00. The van der Waals surface area contributed by atoms with E-state index in [1.54, 1.807) is 18.2 Å². The first kappa shape index (κ1) is 19.3. The molecular formula is C17H16ClF2NO3S. The highest BCUT2D eigenvalue weighted by atomic mass is 35.5. The summed E-state index contributed by atoms with van der Waals surface area (Å²) in [6, 6.07) is 11.8. The van der Waals surface area contributed by atoms with Crippen molar-refractivity contribution in [3.63, 3.8) is 0 Å². The number of amides is 1. The van der Waals surface area contributed by atoms with E-state index in [9.17, 15) is 13.6 Å². The molecule has 134 valence electrons. The Kier molecular flexibility index (Phi) is 7.33. The molecule has 8 heteroatoms. The van der Waals surface area contributed by atoms with Crippen LogP contribution in [0.3, 0.4) is 0 Å². The second-order valence-electron chi connectivity index (χ2n) is 4.86. The Balaban J connectivity index is 1.88. The van der Waals surface area contributed by atoms with E-state index < -0.39 is 6.61 Å². The lowest BCUT2D eigenvalue weighted by atomic mass is 10.2. The van der Waals surface area contributed by atoms with Gasteiger partial charge in [0.2, 0.25) is 5.91 Å². The second kappa shape index (κ2) is 9.48. The van der Waals surface area contributed by atoms with E-state index in [1.165, 1.54) is 24.9 Å². The van der Waals surface area contributed by atoms with Crippen LogP contribution in [-0.2, 0) is 11.3 Å². The Labute approximate surface area is 153 Å². The zero-order valence-corrected chi connectivity index (χ0v) is 14.9. The minimum absolute atomic E-state index is 0.0538. The summed E-state index contributed by atoms with van der Waals surface area (Å²) in [6.45, 7) is -2.69. The normalized spacial score (nSPS) is 10.6. The number of hydrogen-bond donors (Lipinski definition) is 1. The minimum Gasteiger partial charge on any atom is -0.493 e. The molecule has 0 aliphatic heterocycles. The SMILES string of the molecule is COc1cc(CNC(=O)CSc2ccccc2Cl)ccc1OC(F)F. The fourth-order valence-electron chi connectivity index (χ4n) is 1.97. The van der Waals surface area contributed by atoms with Gasteiger partial charge in [-0.3, -0.25) is 4.79 Å². The predicted octanol–water partition coefficient (Wildman–Crippen LogP) is 4.36. The van der Waals surface area contributed by atoms with Crippen molar-refractivity contribution in [2.24, 2.45) is 0 Å². The van der Waals surface area contributed by atoms with E-state index in [1.807, 2.05) is 18.2 Å². The molecule has 0 fully saturated rings. The third-order valence-corrected chi connectivity index (χ3v) is 4.64. The van der Waals surface area contributed by atoms with Crippen LogP contribution < -0.4 is 14.8 Å². The molecule has 0 saturated carbocycles. The van der Waals surface area contributed by atoms with Gasteiger partial charge in [0, 0.05) is 11.4 Å². The van der Waals surface area contributed by atoms with Crippen molar-refractivity contribution in [2.45, 2.75) is 18.1 Å². The molecule has 0 unspecified atom stereocenters. The predicted molar refractivity (Wildman–Crippen MR) is 93.6 cm³/mol. The monoisotopic (exact) mass is 387 g/mol. The molecule has 0 heterocycles. The van der Waals surface area contributed by atoms with E-state index in [0.717, 1.165) is 4.90 Å². The van der Waals surface area contributed by atoms with Gasteiger partial charge >= 0.3 is 6.61 Å². The van der Waals surface area contributed by atoms with E-state index in [0.29, 0.717) is 10.6 Å². The number of methoxy groups -OCH3 is 1. The van der Waals surface area contributed by atoms with Gasteiger partial charge in [-0.25, -0.2) is 0 Å². The summed E-state index contributed by atoms with van der Waals surface area (Å²) in [7, 11) is 1.36. The molecule has 0 spiro atoms. The highest BCUT2D eigenvalue weighted by Gasteiger charge is 2.11. The highest BCUT2D eigenvalue weighted by Crippen LogP contribution is 2.29. The van der Waals surface area contributed by atoms with Crippen molar-refractivity contribution in [1.82, 2.24) is 5.32 Å². The number of hydrogen-bond acceptors (Lipinski definition) is 4. The van der Waals surface area contributed by atoms with Crippen molar-refractivity contribution >= 4 is 29.3 Å². The number of carbonyl (C=O) groups is 1. The minimum atomic E-state index is -2.93. The van der Waals surface area contributed by atoms with Crippen LogP contribution in [0.15, 0.2) is 47.4 Å². The summed E-state index contributed by atoms with van der Waals surface area (Å²) in [5.41, 5.74) is 0.703. The Morgan fingerprint density at radius 2 is 2.00 bits per heavy atom. The van der Waals surface area contributed by atoms with Crippen molar-refractivity contribution < 1.29 is 23.0 Å². The zero-order chi connectivity index (χ0) is 18.2. The Bertz CT molecular complexity index is 731.